The van der Waals surface area contributed by atoms with Gasteiger partial charge in [-0.05, 0) is 63.1 Å². The fourth-order valence-corrected chi connectivity index (χ4v) is 4.19. The summed E-state index contributed by atoms with van der Waals surface area (Å²) in [6, 6.07) is 18.9. The fourth-order valence-electron chi connectivity index (χ4n) is 4.07. The maximum absolute atomic E-state index is 13.5. The lowest BCUT2D eigenvalue weighted by atomic mass is 9.93. The third-order valence-electron chi connectivity index (χ3n) is 5.98. The summed E-state index contributed by atoms with van der Waals surface area (Å²) in [5.74, 6) is -1.02. The summed E-state index contributed by atoms with van der Waals surface area (Å²) in [4.78, 5) is 27.6. The molecule has 3 aromatic rings. The van der Waals surface area contributed by atoms with E-state index < -0.39 is 11.8 Å². The molecule has 1 aromatic heterocycles. The van der Waals surface area contributed by atoms with Gasteiger partial charge in [-0.15, -0.1) is 0 Å². The number of carbonyl (C=O) groups is 2. The quantitative estimate of drug-likeness (QED) is 0.222. The van der Waals surface area contributed by atoms with Crippen LogP contribution in [-0.4, -0.2) is 45.8 Å². The molecule has 188 valence electrons. The Morgan fingerprint density at radius 3 is 2.43 bits per heavy atom. The van der Waals surface area contributed by atoms with Gasteiger partial charge in [0.2, 0.25) is 0 Å². The molecule has 4 rings (SSSR count). The van der Waals surface area contributed by atoms with Crippen molar-refractivity contribution in [3.63, 3.8) is 0 Å². The highest BCUT2D eigenvalue weighted by Crippen LogP contribution is 2.31. The first kappa shape index (κ1) is 26.1. The number of para-hydroxylation sites is 1. The van der Waals surface area contributed by atoms with Crippen LogP contribution in [0.15, 0.2) is 77.5 Å². The van der Waals surface area contributed by atoms with Crippen molar-refractivity contribution < 1.29 is 14.3 Å². The van der Waals surface area contributed by atoms with Gasteiger partial charge >= 0.3 is 0 Å². The van der Waals surface area contributed by atoms with E-state index in [0.717, 1.165) is 16.2 Å². The van der Waals surface area contributed by atoms with Gasteiger partial charge in [0.15, 0.2) is 0 Å². The van der Waals surface area contributed by atoms with Crippen molar-refractivity contribution in [2.24, 2.45) is 0 Å². The Hall–Kier alpha value is -3.99. The molecule has 0 fully saturated rings. The van der Waals surface area contributed by atoms with Crippen molar-refractivity contribution in [1.29, 1.82) is 5.26 Å². The SMILES string of the molecule is CC1=C(C#N)C(=O)N(CCCOC(C)C)C(=O)/C1=C/c1cn(-c2ccccc2)nc1-c1ccc(Cl)cc1. The van der Waals surface area contributed by atoms with E-state index in [2.05, 4.69) is 0 Å². The van der Waals surface area contributed by atoms with E-state index in [0.29, 0.717) is 34.9 Å². The highest BCUT2D eigenvalue weighted by molar-refractivity contribution is 6.30. The van der Waals surface area contributed by atoms with Gasteiger partial charge in [0.1, 0.15) is 11.6 Å². The van der Waals surface area contributed by atoms with Gasteiger partial charge in [-0.2, -0.15) is 10.4 Å². The maximum Gasteiger partial charge on any atom is 0.271 e. The van der Waals surface area contributed by atoms with Crippen LogP contribution in [0.4, 0.5) is 0 Å². The van der Waals surface area contributed by atoms with E-state index >= 15 is 0 Å². The Morgan fingerprint density at radius 2 is 1.78 bits per heavy atom. The standard InChI is InChI=1S/C29H27ClN4O3/c1-19(2)37-15-7-14-33-28(35)25(20(3)26(17-31)29(33)36)16-22-18-34(24-8-5-4-6-9-24)32-27(22)21-10-12-23(30)13-11-21/h4-6,8-13,16,18-19H,7,14-15H2,1-3H3/b25-16+. The molecule has 0 saturated carbocycles. The number of hydrogen-bond donors (Lipinski definition) is 0. The maximum atomic E-state index is 13.5. The number of ether oxygens (including phenoxy) is 1. The Bertz CT molecular complexity index is 1410. The first-order valence-corrected chi connectivity index (χ1v) is 12.4. The molecule has 0 spiro atoms. The number of carbonyl (C=O) groups excluding carboxylic acids is 2. The van der Waals surface area contributed by atoms with Crippen molar-refractivity contribution in [2.75, 3.05) is 13.2 Å². The Kier molecular flexibility index (Phi) is 8.02. The molecule has 0 atom stereocenters. The molecule has 37 heavy (non-hydrogen) atoms. The third kappa shape index (κ3) is 5.72. The van der Waals surface area contributed by atoms with Crippen LogP contribution in [0.1, 0.15) is 32.8 Å². The summed E-state index contributed by atoms with van der Waals surface area (Å²) in [6.45, 7) is 6.04. The minimum absolute atomic E-state index is 0.0425. The van der Waals surface area contributed by atoms with Gasteiger partial charge in [-0.3, -0.25) is 14.5 Å². The second kappa shape index (κ2) is 11.4. The smallest absolute Gasteiger partial charge is 0.271 e. The number of hydrogen-bond acceptors (Lipinski definition) is 5. The Morgan fingerprint density at radius 1 is 1.08 bits per heavy atom. The molecule has 0 unspecified atom stereocenters. The van der Waals surface area contributed by atoms with Crippen LogP contribution in [0.2, 0.25) is 5.02 Å². The van der Waals surface area contributed by atoms with Crippen molar-refractivity contribution in [2.45, 2.75) is 33.3 Å². The monoisotopic (exact) mass is 514 g/mol. The summed E-state index contributed by atoms with van der Waals surface area (Å²) in [7, 11) is 0. The first-order chi connectivity index (χ1) is 17.8. The van der Waals surface area contributed by atoms with Crippen LogP contribution in [0, 0.1) is 11.3 Å². The molecule has 0 radical (unpaired) electrons. The van der Waals surface area contributed by atoms with Crippen LogP contribution in [-0.2, 0) is 14.3 Å². The minimum atomic E-state index is -0.579. The van der Waals surface area contributed by atoms with Crippen molar-refractivity contribution in [3.05, 3.63) is 88.1 Å². The zero-order chi connectivity index (χ0) is 26.5. The average molecular weight is 515 g/mol. The summed E-state index contributed by atoms with van der Waals surface area (Å²) in [5, 5.41) is 15.1. The van der Waals surface area contributed by atoms with Gasteiger partial charge in [-0.1, -0.05) is 41.9 Å². The van der Waals surface area contributed by atoms with E-state index in [9.17, 15) is 14.9 Å². The van der Waals surface area contributed by atoms with Gasteiger partial charge in [0, 0.05) is 41.1 Å². The highest BCUT2D eigenvalue weighted by atomic mass is 35.5. The van der Waals surface area contributed by atoms with Crippen molar-refractivity contribution in [3.8, 4) is 23.0 Å². The number of rotatable bonds is 8. The van der Waals surface area contributed by atoms with Gasteiger partial charge in [0.25, 0.3) is 11.8 Å². The Labute approximate surface area is 221 Å². The molecule has 2 amide bonds. The van der Waals surface area contributed by atoms with E-state index in [1.807, 2.05) is 68.6 Å². The average Bonchev–Trinajstić information content (AvgIpc) is 3.31. The number of amides is 2. The second-order valence-corrected chi connectivity index (χ2v) is 9.36. The number of halogens is 1. The van der Waals surface area contributed by atoms with Crippen LogP contribution >= 0.6 is 11.6 Å². The van der Waals surface area contributed by atoms with Crippen LogP contribution < -0.4 is 0 Å². The number of aromatic nitrogens is 2. The minimum Gasteiger partial charge on any atom is -0.379 e. The van der Waals surface area contributed by atoms with Crippen LogP contribution in [0.25, 0.3) is 23.0 Å². The molecule has 0 N–H and O–H groups in total. The summed E-state index contributed by atoms with van der Waals surface area (Å²) in [5.41, 5.74) is 3.56. The Balaban J connectivity index is 1.79. The normalized spacial score (nSPS) is 15.1. The highest BCUT2D eigenvalue weighted by Gasteiger charge is 2.35. The molecule has 1 aliphatic rings. The van der Waals surface area contributed by atoms with E-state index in [1.165, 1.54) is 0 Å². The number of imide groups is 1. The summed E-state index contributed by atoms with van der Waals surface area (Å²) in [6.07, 6.45) is 4.06. The molecular formula is C29H27ClN4O3. The molecular weight excluding hydrogens is 488 g/mol. The van der Waals surface area contributed by atoms with Crippen LogP contribution in [0.3, 0.4) is 0 Å². The zero-order valence-corrected chi connectivity index (χ0v) is 21.7. The third-order valence-corrected chi connectivity index (χ3v) is 6.24. The topological polar surface area (TPSA) is 88.2 Å². The molecule has 1 aliphatic heterocycles. The van der Waals surface area contributed by atoms with Crippen molar-refractivity contribution in [1.82, 2.24) is 14.7 Å². The molecule has 0 aliphatic carbocycles. The molecule has 0 bridgehead atoms. The number of nitrogens with zero attached hydrogens (tertiary/aromatic N) is 4. The van der Waals surface area contributed by atoms with Crippen molar-refractivity contribution >= 4 is 29.5 Å². The molecule has 2 aromatic carbocycles. The summed E-state index contributed by atoms with van der Waals surface area (Å²) < 4.78 is 7.29. The van der Waals surface area contributed by atoms with E-state index in [-0.39, 0.29) is 23.8 Å². The lowest BCUT2D eigenvalue weighted by Gasteiger charge is -2.27. The number of benzene rings is 2. The zero-order valence-electron chi connectivity index (χ0n) is 20.9. The first-order valence-electron chi connectivity index (χ1n) is 12.0. The van der Waals surface area contributed by atoms with Gasteiger partial charge in [0.05, 0.1) is 17.5 Å². The lowest BCUT2D eigenvalue weighted by Crippen LogP contribution is -2.43. The fraction of sp³-hybridized carbons (Fsp3) is 0.241. The van der Waals surface area contributed by atoms with Crippen LogP contribution in [0.5, 0.6) is 0 Å². The molecule has 2 heterocycles. The van der Waals surface area contributed by atoms with E-state index in [4.69, 9.17) is 21.4 Å². The number of nitriles is 1. The lowest BCUT2D eigenvalue weighted by molar-refractivity contribution is -0.140. The predicted molar refractivity (Wildman–Crippen MR) is 143 cm³/mol. The van der Waals surface area contributed by atoms with Gasteiger partial charge in [-0.25, -0.2) is 4.68 Å². The second-order valence-electron chi connectivity index (χ2n) is 8.92. The van der Waals surface area contributed by atoms with E-state index in [1.54, 1.807) is 29.8 Å². The largest absolute Gasteiger partial charge is 0.379 e. The molecule has 7 nitrogen and oxygen atoms in total. The predicted octanol–water partition coefficient (Wildman–Crippen LogP) is 5.60. The summed E-state index contributed by atoms with van der Waals surface area (Å²) >= 11 is 6.10. The molecule has 8 heteroatoms. The molecule has 0 saturated heterocycles. The van der Waals surface area contributed by atoms with Gasteiger partial charge < -0.3 is 4.74 Å².